The zero-order chi connectivity index (χ0) is 22.9. The maximum Gasteiger partial charge on any atom is 0.387 e. The molecule has 2 N–H and O–H groups in total. The molecule has 2 aromatic carbocycles. The largest absolute Gasteiger partial charge is 0.435 e. The van der Waals surface area contributed by atoms with E-state index in [2.05, 4.69) is 44.2 Å². The van der Waals surface area contributed by atoms with E-state index >= 15 is 0 Å². The summed E-state index contributed by atoms with van der Waals surface area (Å²) in [4.78, 5) is 8.69. The number of hydrogen-bond acceptors (Lipinski definition) is 4. The summed E-state index contributed by atoms with van der Waals surface area (Å²) >= 11 is 0. The second-order valence-corrected chi connectivity index (χ2v) is 8.10. The number of halogens is 2. The number of ether oxygens (including phenoxy) is 1. The van der Waals surface area contributed by atoms with E-state index in [-0.39, 0.29) is 11.9 Å². The zero-order valence-electron chi connectivity index (χ0n) is 18.7. The van der Waals surface area contributed by atoms with Crippen LogP contribution in [-0.4, -0.2) is 60.8 Å². The molecule has 0 spiro atoms. The number of guanidine groups is 1. The third kappa shape index (κ3) is 7.46. The molecule has 1 aliphatic rings. The summed E-state index contributed by atoms with van der Waals surface area (Å²) in [6.07, 6.45) is 1.55. The smallest absolute Gasteiger partial charge is 0.387 e. The van der Waals surface area contributed by atoms with E-state index in [1.807, 2.05) is 11.9 Å². The summed E-state index contributed by atoms with van der Waals surface area (Å²) in [5.74, 6) is 0.893. The fourth-order valence-electron chi connectivity index (χ4n) is 3.79. The van der Waals surface area contributed by atoms with Gasteiger partial charge in [-0.25, -0.2) is 0 Å². The fraction of sp³-hybridized carbons (Fsp3) is 0.458. The number of aliphatic hydroxyl groups excluding tert-OH is 1. The maximum atomic E-state index is 12.3. The van der Waals surface area contributed by atoms with Crippen molar-refractivity contribution < 1.29 is 18.6 Å². The lowest BCUT2D eigenvalue weighted by Crippen LogP contribution is -2.38. The van der Waals surface area contributed by atoms with Gasteiger partial charge in [0, 0.05) is 46.8 Å². The SMILES string of the molecule is CN=C(NCc1ccc(CN2CCC(O)CC2)cc1)N(C)Cc1ccc(OC(F)F)cc1. The van der Waals surface area contributed by atoms with Crippen molar-refractivity contribution in [2.45, 2.75) is 45.2 Å². The molecule has 8 heteroatoms. The topological polar surface area (TPSA) is 60.3 Å². The Balaban J connectivity index is 1.47. The van der Waals surface area contributed by atoms with Crippen LogP contribution in [0.4, 0.5) is 8.78 Å². The number of rotatable bonds is 8. The first kappa shape index (κ1) is 23.9. The second-order valence-electron chi connectivity index (χ2n) is 8.10. The van der Waals surface area contributed by atoms with Crippen molar-refractivity contribution in [1.82, 2.24) is 15.1 Å². The number of benzene rings is 2. The molecular formula is C24H32F2N4O2. The van der Waals surface area contributed by atoms with E-state index in [9.17, 15) is 13.9 Å². The molecule has 0 bridgehead atoms. The van der Waals surface area contributed by atoms with Crippen LogP contribution in [0.1, 0.15) is 29.5 Å². The molecule has 32 heavy (non-hydrogen) atoms. The van der Waals surface area contributed by atoms with Crippen LogP contribution in [-0.2, 0) is 19.6 Å². The second kappa shape index (κ2) is 11.8. The van der Waals surface area contributed by atoms with Gasteiger partial charge in [-0.3, -0.25) is 9.89 Å². The van der Waals surface area contributed by atoms with Crippen molar-refractivity contribution in [3.63, 3.8) is 0 Å². The number of aliphatic hydroxyl groups is 1. The van der Waals surface area contributed by atoms with E-state index in [0.29, 0.717) is 13.1 Å². The van der Waals surface area contributed by atoms with E-state index in [4.69, 9.17) is 0 Å². The predicted octanol–water partition coefficient (Wildman–Crippen LogP) is 3.45. The van der Waals surface area contributed by atoms with Crippen molar-refractivity contribution in [3.8, 4) is 5.75 Å². The molecule has 0 aromatic heterocycles. The molecule has 1 fully saturated rings. The van der Waals surface area contributed by atoms with Gasteiger partial charge in [-0.15, -0.1) is 0 Å². The average Bonchev–Trinajstić information content (AvgIpc) is 2.78. The number of alkyl halides is 2. The third-order valence-electron chi connectivity index (χ3n) is 5.58. The van der Waals surface area contributed by atoms with Gasteiger partial charge in [-0.1, -0.05) is 36.4 Å². The highest BCUT2D eigenvalue weighted by atomic mass is 19.3. The van der Waals surface area contributed by atoms with Crippen LogP contribution in [0.3, 0.4) is 0 Å². The van der Waals surface area contributed by atoms with Crippen molar-refractivity contribution >= 4 is 5.96 Å². The van der Waals surface area contributed by atoms with Crippen LogP contribution in [0.25, 0.3) is 0 Å². The number of likely N-dealkylation sites (tertiary alicyclic amines) is 1. The summed E-state index contributed by atoms with van der Waals surface area (Å²) < 4.78 is 29.0. The normalized spacial score (nSPS) is 15.8. The molecule has 0 unspecified atom stereocenters. The maximum absolute atomic E-state index is 12.3. The number of aliphatic imine (C=N–C) groups is 1. The van der Waals surface area contributed by atoms with Gasteiger partial charge in [0.2, 0.25) is 0 Å². The van der Waals surface area contributed by atoms with Gasteiger partial charge < -0.3 is 20.1 Å². The van der Waals surface area contributed by atoms with Gasteiger partial charge in [-0.05, 0) is 41.7 Å². The molecule has 1 heterocycles. The molecule has 0 amide bonds. The molecule has 1 saturated heterocycles. The zero-order valence-corrected chi connectivity index (χ0v) is 18.7. The van der Waals surface area contributed by atoms with Gasteiger partial charge in [0.05, 0.1) is 6.10 Å². The average molecular weight is 447 g/mol. The molecule has 174 valence electrons. The van der Waals surface area contributed by atoms with E-state index < -0.39 is 6.61 Å². The first-order valence-electron chi connectivity index (χ1n) is 10.9. The van der Waals surface area contributed by atoms with Crippen molar-refractivity contribution in [3.05, 3.63) is 65.2 Å². The molecule has 0 atom stereocenters. The van der Waals surface area contributed by atoms with Crippen LogP contribution in [0.2, 0.25) is 0 Å². The van der Waals surface area contributed by atoms with Crippen LogP contribution in [0, 0.1) is 0 Å². The highest BCUT2D eigenvalue weighted by molar-refractivity contribution is 5.79. The Hall–Kier alpha value is -2.71. The van der Waals surface area contributed by atoms with Crippen LogP contribution >= 0.6 is 0 Å². The molecular weight excluding hydrogens is 414 g/mol. The third-order valence-corrected chi connectivity index (χ3v) is 5.58. The standard InChI is InChI=1S/C24H32F2N4O2/c1-27-24(29(2)16-19-7-9-22(10-8-19)32-23(25)26)28-15-18-3-5-20(6-4-18)17-30-13-11-21(31)12-14-30/h3-10,21,23,31H,11-17H2,1-2H3,(H,27,28). The van der Waals surface area contributed by atoms with E-state index in [0.717, 1.165) is 49.6 Å². The Bertz CT molecular complexity index is 851. The van der Waals surface area contributed by atoms with Gasteiger partial charge in [0.1, 0.15) is 5.75 Å². The van der Waals surface area contributed by atoms with E-state index in [1.165, 1.54) is 5.56 Å². The minimum absolute atomic E-state index is 0.147. The summed E-state index contributed by atoms with van der Waals surface area (Å²) in [5.41, 5.74) is 3.39. The Labute approximate surface area is 188 Å². The molecule has 0 saturated carbocycles. The Kier molecular flexibility index (Phi) is 8.81. The number of nitrogens with zero attached hydrogens (tertiary/aromatic N) is 3. The molecule has 3 rings (SSSR count). The Morgan fingerprint density at radius 2 is 1.69 bits per heavy atom. The minimum Gasteiger partial charge on any atom is -0.435 e. The van der Waals surface area contributed by atoms with Crippen LogP contribution in [0.15, 0.2) is 53.5 Å². The Morgan fingerprint density at radius 1 is 1.09 bits per heavy atom. The quantitative estimate of drug-likeness (QED) is 0.481. The van der Waals surface area contributed by atoms with Crippen LogP contribution in [0.5, 0.6) is 5.75 Å². The summed E-state index contributed by atoms with van der Waals surface area (Å²) in [6, 6.07) is 15.2. The fourth-order valence-corrected chi connectivity index (χ4v) is 3.79. The highest BCUT2D eigenvalue weighted by Gasteiger charge is 2.16. The van der Waals surface area contributed by atoms with E-state index in [1.54, 1.807) is 31.3 Å². The lowest BCUT2D eigenvalue weighted by Gasteiger charge is -2.29. The number of hydrogen-bond donors (Lipinski definition) is 2. The highest BCUT2D eigenvalue weighted by Crippen LogP contribution is 2.16. The minimum atomic E-state index is -2.82. The summed E-state index contributed by atoms with van der Waals surface area (Å²) in [6.45, 7) is 1.20. The molecule has 6 nitrogen and oxygen atoms in total. The van der Waals surface area contributed by atoms with Crippen molar-refractivity contribution in [1.29, 1.82) is 0 Å². The summed E-state index contributed by atoms with van der Waals surface area (Å²) in [7, 11) is 3.66. The first-order valence-corrected chi connectivity index (χ1v) is 10.9. The Morgan fingerprint density at radius 3 is 2.28 bits per heavy atom. The van der Waals surface area contributed by atoms with Gasteiger partial charge in [-0.2, -0.15) is 8.78 Å². The summed E-state index contributed by atoms with van der Waals surface area (Å²) in [5, 5.41) is 13.0. The van der Waals surface area contributed by atoms with Gasteiger partial charge in [0.15, 0.2) is 5.96 Å². The molecule has 1 aliphatic heterocycles. The first-order chi connectivity index (χ1) is 15.4. The monoisotopic (exact) mass is 446 g/mol. The molecule has 0 aliphatic carbocycles. The predicted molar refractivity (Wildman–Crippen MR) is 122 cm³/mol. The lowest BCUT2D eigenvalue weighted by molar-refractivity contribution is -0.0498. The molecule has 0 radical (unpaired) electrons. The number of nitrogens with one attached hydrogen (secondary N) is 1. The number of piperidine rings is 1. The van der Waals surface area contributed by atoms with Gasteiger partial charge in [0.25, 0.3) is 0 Å². The lowest BCUT2D eigenvalue weighted by atomic mass is 10.1. The molecule has 2 aromatic rings. The van der Waals surface area contributed by atoms with Crippen LogP contribution < -0.4 is 10.1 Å². The van der Waals surface area contributed by atoms with Crippen molar-refractivity contribution in [2.75, 3.05) is 27.2 Å². The van der Waals surface area contributed by atoms with Gasteiger partial charge >= 0.3 is 6.61 Å². The van der Waals surface area contributed by atoms with Crippen molar-refractivity contribution in [2.24, 2.45) is 4.99 Å².